The molecule has 4 nitrogen and oxygen atoms in total. The molecule has 1 fully saturated rings. The number of hydrogen-bond donors (Lipinski definition) is 1. The Morgan fingerprint density at radius 1 is 0.926 bits per heavy atom. The van der Waals surface area contributed by atoms with Gasteiger partial charge in [-0.15, -0.1) is 0 Å². The molecular weight excluding hydrogens is 336 g/mol. The molecule has 0 aromatic heterocycles. The van der Waals surface area contributed by atoms with Crippen LogP contribution < -0.4 is 10.2 Å². The van der Waals surface area contributed by atoms with Crippen molar-refractivity contribution in [2.24, 2.45) is 0 Å². The first-order valence-corrected chi connectivity index (χ1v) is 9.40. The lowest BCUT2D eigenvalue weighted by Crippen LogP contribution is -2.45. The van der Waals surface area contributed by atoms with Gasteiger partial charge in [0.1, 0.15) is 0 Å². The van der Waals surface area contributed by atoms with Crippen molar-refractivity contribution in [1.82, 2.24) is 0 Å². The van der Waals surface area contributed by atoms with Crippen molar-refractivity contribution in [3.63, 3.8) is 0 Å². The molecule has 0 spiro atoms. The minimum absolute atomic E-state index is 0.0949. The number of para-hydroxylation sites is 2. The summed E-state index contributed by atoms with van der Waals surface area (Å²) < 4.78 is 5.84. The van der Waals surface area contributed by atoms with Crippen molar-refractivity contribution < 1.29 is 9.53 Å². The Morgan fingerprint density at radius 3 is 2.37 bits per heavy atom. The van der Waals surface area contributed by atoms with Crippen LogP contribution in [0.15, 0.2) is 66.7 Å². The minimum Gasteiger partial charge on any atom is -0.372 e. The fourth-order valence-corrected chi connectivity index (χ4v) is 3.75. The van der Waals surface area contributed by atoms with Crippen molar-refractivity contribution >= 4 is 28.1 Å². The van der Waals surface area contributed by atoms with Gasteiger partial charge in [0.05, 0.1) is 23.6 Å². The molecule has 3 aromatic carbocycles. The molecule has 1 aliphatic rings. The molecule has 1 aliphatic heterocycles. The molecule has 27 heavy (non-hydrogen) atoms. The summed E-state index contributed by atoms with van der Waals surface area (Å²) in [5, 5.41) is 5.29. The number of amides is 1. The molecule has 0 unspecified atom stereocenters. The van der Waals surface area contributed by atoms with Crippen LogP contribution >= 0.6 is 0 Å². The summed E-state index contributed by atoms with van der Waals surface area (Å²) >= 11 is 0. The van der Waals surface area contributed by atoms with Crippen LogP contribution in [0.3, 0.4) is 0 Å². The summed E-state index contributed by atoms with van der Waals surface area (Å²) in [4.78, 5) is 15.2. The van der Waals surface area contributed by atoms with E-state index in [0.717, 1.165) is 35.2 Å². The summed E-state index contributed by atoms with van der Waals surface area (Å²) in [5.41, 5.74) is 2.53. The van der Waals surface area contributed by atoms with Gasteiger partial charge >= 0.3 is 0 Å². The predicted molar refractivity (Wildman–Crippen MR) is 111 cm³/mol. The van der Waals surface area contributed by atoms with Crippen LogP contribution in [0.5, 0.6) is 0 Å². The first kappa shape index (κ1) is 17.6. The molecular formula is C23H24N2O2. The van der Waals surface area contributed by atoms with Crippen LogP contribution in [-0.4, -0.2) is 31.2 Å². The highest BCUT2D eigenvalue weighted by Gasteiger charge is 2.24. The van der Waals surface area contributed by atoms with Crippen LogP contribution in [0.25, 0.3) is 10.8 Å². The van der Waals surface area contributed by atoms with E-state index < -0.39 is 0 Å². The van der Waals surface area contributed by atoms with Gasteiger partial charge in [-0.2, -0.15) is 0 Å². The third-order valence-corrected chi connectivity index (χ3v) is 4.92. The van der Waals surface area contributed by atoms with Gasteiger partial charge in [0.2, 0.25) is 0 Å². The molecule has 1 heterocycles. The lowest BCUT2D eigenvalue weighted by molar-refractivity contribution is -0.00517. The van der Waals surface area contributed by atoms with Gasteiger partial charge in [0.25, 0.3) is 5.91 Å². The first-order valence-electron chi connectivity index (χ1n) is 9.40. The van der Waals surface area contributed by atoms with Crippen molar-refractivity contribution in [1.29, 1.82) is 0 Å². The van der Waals surface area contributed by atoms with Crippen LogP contribution in [0.4, 0.5) is 11.4 Å². The number of nitrogens with zero attached hydrogens (tertiary/aromatic N) is 1. The van der Waals surface area contributed by atoms with Crippen LogP contribution in [0, 0.1) is 0 Å². The number of morpholine rings is 1. The van der Waals surface area contributed by atoms with E-state index in [-0.39, 0.29) is 18.1 Å². The predicted octanol–water partition coefficient (Wildman–Crippen LogP) is 4.71. The molecule has 4 heteroatoms. The number of hydrogen-bond acceptors (Lipinski definition) is 3. The lowest BCUT2D eigenvalue weighted by Gasteiger charge is -2.37. The summed E-state index contributed by atoms with van der Waals surface area (Å²) in [5.74, 6) is -0.0949. The van der Waals surface area contributed by atoms with E-state index in [0.29, 0.717) is 5.56 Å². The smallest absolute Gasteiger partial charge is 0.255 e. The second-order valence-electron chi connectivity index (χ2n) is 7.20. The normalized spacial score (nSPS) is 19.9. The van der Waals surface area contributed by atoms with Crippen LogP contribution in [0.2, 0.25) is 0 Å². The Labute approximate surface area is 159 Å². The Bertz CT molecular complexity index is 959. The number of carbonyl (C=O) groups excluding carboxylic acids is 1. The molecule has 3 aromatic rings. The molecule has 138 valence electrons. The van der Waals surface area contributed by atoms with E-state index in [9.17, 15) is 4.79 Å². The molecule has 0 aliphatic carbocycles. The van der Waals surface area contributed by atoms with E-state index >= 15 is 0 Å². The van der Waals surface area contributed by atoms with Gasteiger partial charge in [-0.05, 0) is 48.9 Å². The number of rotatable bonds is 3. The zero-order valence-electron chi connectivity index (χ0n) is 15.7. The highest BCUT2D eigenvalue weighted by molar-refractivity contribution is 6.07. The molecule has 1 N–H and O–H groups in total. The molecule has 0 bridgehead atoms. The summed E-state index contributed by atoms with van der Waals surface area (Å²) in [6.45, 7) is 5.79. The third-order valence-electron chi connectivity index (χ3n) is 4.92. The fourth-order valence-electron chi connectivity index (χ4n) is 3.75. The second kappa shape index (κ2) is 7.41. The average molecular weight is 360 g/mol. The maximum atomic E-state index is 12.9. The van der Waals surface area contributed by atoms with Gasteiger partial charge < -0.3 is 15.0 Å². The average Bonchev–Trinajstić information content (AvgIpc) is 2.67. The molecule has 0 radical (unpaired) electrons. The SMILES string of the molecule is C[C@@H]1CN(c2ccccc2NC(=O)c2ccc3ccccc3c2)C[C@@H](C)O1. The van der Waals surface area contributed by atoms with Gasteiger partial charge in [-0.25, -0.2) is 0 Å². The third kappa shape index (κ3) is 3.81. The van der Waals surface area contributed by atoms with Crippen LogP contribution in [0.1, 0.15) is 24.2 Å². The summed E-state index contributed by atoms with van der Waals surface area (Å²) in [7, 11) is 0. The minimum atomic E-state index is -0.0949. The second-order valence-corrected chi connectivity index (χ2v) is 7.20. The zero-order valence-corrected chi connectivity index (χ0v) is 15.7. The van der Waals surface area contributed by atoms with E-state index in [4.69, 9.17) is 4.74 Å². The van der Waals surface area contributed by atoms with Crippen LogP contribution in [-0.2, 0) is 4.74 Å². The highest BCUT2D eigenvalue weighted by Crippen LogP contribution is 2.29. The Kier molecular flexibility index (Phi) is 4.82. The molecule has 1 saturated heterocycles. The van der Waals surface area contributed by atoms with E-state index in [2.05, 4.69) is 30.1 Å². The maximum Gasteiger partial charge on any atom is 0.255 e. The molecule has 0 saturated carbocycles. The number of carbonyl (C=O) groups is 1. The largest absolute Gasteiger partial charge is 0.372 e. The lowest BCUT2D eigenvalue weighted by atomic mass is 10.1. The van der Waals surface area contributed by atoms with Crippen molar-refractivity contribution in [3.8, 4) is 0 Å². The monoisotopic (exact) mass is 360 g/mol. The zero-order chi connectivity index (χ0) is 18.8. The van der Waals surface area contributed by atoms with Gasteiger partial charge in [0.15, 0.2) is 0 Å². The topological polar surface area (TPSA) is 41.6 Å². The maximum absolute atomic E-state index is 12.9. The number of nitrogens with one attached hydrogen (secondary N) is 1. The molecule has 4 rings (SSSR count). The number of benzene rings is 3. The van der Waals surface area contributed by atoms with Gasteiger partial charge in [-0.1, -0.05) is 42.5 Å². The van der Waals surface area contributed by atoms with E-state index in [1.807, 2.05) is 60.7 Å². The van der Waals surface area contributed by atoms with E-state index in [1.165, 1.54) is 0 Å². The molecule has 1 amide bonds. The number of fused-ring (bicyclic) bond motifs is 1. The quantitative estimate of drug-likeness (QED) is 0.736. The highest BCUT2D eigenvalue weighted by atomic mass is 16.5. The standard InChI is InChI=1S/C23H24N2O2/c1-16-14-25(15-17(2)27-16)22-10-6-5-9-21(22)24-23(26)20-12-11-18-7-3-4-8-19(18)13-20/h3-13,16-17H,14-15H2,1-2H3,(H,24,26)/t16-,17-/m1/s1. The van der Waals surface area contributed by atoms with Crippen molar-refractivity contribution in [2.75, 3.05) is 23.3 Å². The van der Waals surface area contributed by atoms with E-state index in [1.54, 1.807) is 0 Å². The number of ether oxygens (including phenoxy) is 1. The van der Waals surface area contributed by atoms with Crippen molar-refractivity contribution in [2.45, 2.75) is 26.1 Å². The first-order chi connectivity index (χ1) is 13.1. The van der Waals surface area contributed by atoms with Gasteiger partial charge in [-0.3, -0.25) is 4.79 Å². The molecule has 2 atom stereocenters. The fraction of sp³-hybridized carbons (Fsp3) is 0.261. The van der Waals surface area contributed by atoms with Crippen molar-refractivity contribution in [3.05, 3.63) is 72.3 Å². The Balaban J connectivity index is 1.59. The summed E-state index contributed by atoms with van der Waals surface area (Å²) in [6.07, 6.45) is 0.330. The Morgan fingerprint density at radius 2 is 1.59 bits per heavy atom. The summed E-state index contributed by atoms with van der Waals surface area (Å²) in [6, 6.07) is 21.8. The van der Waals surface area contributed by atoms with Gasteiger partial charge in [0, 0.05) is 18.7 Å². The Hall–Kier alpha value is -2.85. The number of anilines is 2.